The molecule has 0 saturated heterocycles. The lowest BCUT2D eigenvalue weighted by Crippen LogP contribution is -2.46. The number of hydrogen-bond donors (Lipinski definition) is 1. The Morgan fingerprint density at radius 2 is 2.00 bits per heavy atom. The highest BCUT2D eigenvalue weighted by atomic mass is 32.2. The highest BCUT2D eigenvalue weighted by Gasteiger charge is 2.40. The molecular weight excluding hydrogens is 476 g/mol. The normalized spacial score (nSPS) is 19.7. The molecule has 2 atom stereocenters. The number of rotatable bonds is 9. The van der Waals surface area contributed by atoms with E-state index in [4.69, 9.17) is 4.74 Å². The Hall–Kier alpha value is -1.99. The molecule has 4 rings (SSSR count). The zero-order valence-corrected chi connectivity index (χ0v) is 23.0. The monoisotopic (exact) mass is 514 g/mol. The standard InChI is InChI=1S/C28H38N2O3S2/c1-5-6-10-15-33-23(31)18-34-27-29-25-24(26(32)30(27)17-19-11-8-7-9-12-19)21-14-13-20(28(2,3)4)16-22(21)35-25/h7-9,11-12,20,27,29H,5-6,10,13-18H2,1-4H3/t20-,27-/m0/s1. The number of anilines is 1. The van der Waals surface area contributed by atoms with Crippen molar-refractivity contribution in [3.05, 3.63) is 51.9 Å². The molecule has 1 aliphatic carbocycles. The van der Waals surface area contributed by atoms with Crippen LogP contribution >= 0.6 is 23.1 Å². The highest BCUT2D eigenvalue weighted by Crippen LogP contribution is 2.47. The van der Waals surface area contributed by atoms with Gasteiger partial charge in [0.05, 0.1) is 17.9 Å². The topological polar surface area (TPSA) is 58.6 Å². The van der Waals surface area contributed by atoms with Gasteiger partial charge in [-0.1, -0.05) is 70.9 Å². The van der Waals surface area contributed by atoms with Crippen LogP contribution < -0.4 is 5.32 Å². The maximum absolute atomic E-state index is 13.9. The van der Waals surface area contributed by atoms with Crippen molar-refractivity contribution in [3.63, 3.8) is 0 Å². The molecule has 2 heterocycles. The first-order valence-corrected chi connectivity index (χ1v) is 14.7. The van der Waals surface area contributed by atoms with Gasteiger partial charge in [-0.05, 0) is 48.1 Å². The van der Waals surface area contributed by atoms with Crippen molar-refractivity contribution in [1.82, 2.24) is 4.90 Å². The van der Waals surface area contributed by atoms with Crippen LogP contribution in [0.5, 0.6) is 0 Å². The molecule has 1 aromatic carbocycles. The molecule has 1 aliphatic heterocycles. The van der Waals surface area contributed by atoms with Crippen molar-refractivity contribution in [2.24, 2.45) is 11.3 Å². The summed E-state index contributed by atoms with van der Waals surface area (Å²) in [5.74, 6) is 0.695. The molecule has 35 heavy (non-hydrogen) atoms. The first kappa shape index (κ1) is 26.1. The average Bonchev–Trinajstić information content (AvgIpc) is 3.20. The second-order valence-electron chi connectivity index (χ2n) is 10.7. The summed E-state index contributed by atoms with van der Waals surface area (Å²) >= 11 is 3.18. The fraction of sp³-hybridized carbons (Fsp3) is 0.571. The summed E-state index contributed by atoms with van der Waals surface area (Å²) in [5, 5.41) is 4.58. The van der Waals surface area contributed by atoms with Crippen LogP contribution in [0.15, 0.2) is 30.3 Å². The van der Waals surface area contributed by atoms with Crippen molar-refractivity contribution in [2.75, 3.05) is 17.7 Å². The number of amides is 1. The van der Waals surface area contributed by atoms with E-state index in [1.54, 1.807) is 11.3 Å². The molecule has 0 spiro atoms. The lowest BCUT2D eigenvalue weighted by molar-refractivity contribution is -0.140. The van der Waals surface area contributed by atoms with Crippen LogP contribution in [0.1, 0.15) is 79.7 Å². The maximum atomic E-state index is 13.9. The number of carbonyl (C=O) groups excluding carboxylic acids is 2. The zero-order chi connectivity index (χ0) is 25.0. The van der Waals surface area contributed by atoms with Gasteiger partial charge in [-0.25, -0.2) is 0 Å². The van der Waals surface area contributed by atoms with Gasteiger partial charge in [-0.3, -0.25) is 9.59 Å². The summed E-state index contributed by atoms with van der Waals surface area (Å²) in [6, 6.07) is 10.1. The minimum absolute atomic E-state index is 0.0723. The SMILES string of the molecule is CCCCCOC(=O)CS[C@H]1Nc2sc3c(c2C(=O)N1Cc1ccccc1)CC[C@H](C(C)(C)C)C3. The number of unbranched alkanes of at least 4 members (excludes halogenated alkanes) is 2. The minimum atomic E-state index is -0.308. The van der Waals surface area contributed by atoms with Gasteiger partial charge in [-0.2, -0.15) is 0 Å². The molecule has 0 fully saturated rings. The summed E-state index contributed by atoms with van der Waals surface area (Å²) in [7, 11) is 0. The van der Waals surface area contributed by atoms with E-state index in [0.29, 0.717) is 19.1 Å². The summed E-state index contributed by atoms with van der Waals surface area (Å²) in [6.45, 7) is 10.0. The number of ether oxygens (including phenoxy) is 1. The van der Waals surface area contributed by atoms with Crippen LogP contribution in [0.4, 0.5) is 5.00 Å². The Morgan fingerprint density at radius 3 is 2.71 bits per heavy atom. The Balaban J connectivity index is 1.53. The van der Waals surface area contributed by atoms with Gasteiger partial charge >= 0.3 is 5.97 Å². The van der Waals surface area contributed by atoms with Crippen LogP contribution in [0.25, 0.3) is 0 Å². The average molecular weight is 515 g/mol. The van der Waals surface area contributed by atoms with Crippen LogP contribution in [-0.4, -0.2) is 34.6 Å². The summed E-state index contributed by atoms with van der Waals surface area (Å²) in [6.07, 6.45) is 6.16. The van der Waals surface area contributed by atoms with Gasteiger partial charge in [-0.15, -0.1) is 23.1 Å². The number of hydrogen-bond acceptors (Lipinski definition) is 6. The predicted octanol–water partition coefficient (Wildman–Crippen LogP) is 6.72. The van der Waals surface area contributed by atoms with Crippen molar-refractivity contribution in [3.8, 4) is 0 Å². The number of esters is 1. The first-order chi connectivity index (χ1) is 16.8. The van der Waals surface area contributed by atoms with Gasteiger partial charge in [0.2, 0.25) is 0 Å². The molecule has 0 unspecified atom stereocenters. The second-order valence-corrected chi connectivity index (χ2v) is 12.8. The van der Waals surface area contributed by atoms with E-state index in [9.17, 15) is 9.59 Å². The largest absolute Gasteiger partial charge is 0.465 e. The molecule has 5 nitrogen and oxygen atoms in total. The summed E-state index contributed by atoms with van der Waals surface area (Å²) < 4.78 is 5.41. The maximum Gasteiger partial charge on any atom is 0.316 e. The second kappa shape index (κ2) is 11.4. The molecule has 2 aromatic rings. The van der Waals surface area contributed by atoms with Crippen LogP contribution in [0.2, 0.25) is 0 Å². The summed E-state index contributed by atoms with van der Waals surface area (Å²) in [5.41, 5.74) is 3.12. The van der Waals surface area contributed by atoms with E-state index in [2.05, 4.69) is 33.0 Å². The third-order valence-electron chi connectivity index (χ3n) is 7.07. The lowest BCUT2D eigenvalue weighted by atomic mass is 9.72. The van der Waals surface area contributed by atoms with Crippen molar-refractivity contribution < 1.29 is 14.3 Å². The van der Waals surface area contributed by atoms with E-state index in [-0.39, 0.29) is 28.5 Å². The highest BCUT2D eigenvalue weighted by molar-refractivity contribution is 8.00. The smallest absolute Gasteiger partial charge is 0.316 e. The molecule has 2 aliphatic rings. The number of thioether (sulfide) groups is 1. The summed E-state index contributed by atoms with van der Waals surface area (Å²) in [4.78, 5) is 29.5. The first-order valence-electron chi connectivity index (χ1n) is 12.8. The lowest BCUT2D eigenvalue weighted by Gasteiger charge is -2.37. The van der Waals surface area contributed by atoms with Gasteiger partial charge in [0.25, 0.3) is 5.91 Å². The molecular formula is C28H38N2O3S2. The van der Waals surface area contributed by atoms with Gasteiger partial charge < -0.3 is 15.0 Å². The zero-order valence-electron chi connectivity index (χ0n) is 21.4. The number of benzene rings is 1. The molecule has 1 N–H and O–H groups in total. The molecule has 0 saturated carbocycles. The molecule has 0 radical (unpaired) electrons. The third kappa shape index (κ3) is 6.23. The van der Waals surface area contributed by atoms with E-state index in [1.807, 2.05) is 35.2 Å². The van der Waals surface area contributed by atoms with Crippen molar-refractivity contribution in [2.45, 2.75) is 78.3 Å². The number of thiophene rings is 1. The Labute approximate surface area is 218 Å². The Morgan fingerprint density at radius 1 is 1.23 bits per heavy atom. The van der Waals surface area contributed by atoms with Crippen LogP contribution in [0, 0.1) is 11.3 Å². The van der Waals surface area contributed by atoms with Gasteiger partial charge in [0.15, 0.2) is 5.50 Å². The quantitative estimate of drug-likeness (QED) is 0.297. The van der Waals surface area contributed by atoms with Crippen molar-refractivity contribution in [1.29, 1.82) is 0 Å². The van der Waals surface area contributed by atoms with Gasteiger partial charge in [0.1, 0.15) is 5.00 Å². The third-order valence-corrected chi connectivity index (χ3v) is 9.34. The number of nitrogens with one attached hydrogen (secondary N) is 1. The molecule has 1 amide bonds. The fourth-order valence-electron chi connectivity index (χ4n) is 4.89. The fourth-order valence-corrected chi connectivity index (χ4v) is 7.23. The number of fused-ring (bicyclic) bond motifs is 3. The van der Waals surface area contributed by atoms with E-state index < -0.39 is 0 Å². The van der Waals surface area contributed by atoms with Crippen LogP contribution in [0.3, 0.4) is 0 Å². The Kier molecular flexibility index (Phi) is 8.48. The molecule has 7 heteroatoms. The minimum Gasteiger partial charge on any atom is -0.465 e. The van der Waals surface area contributed by atoms with Crippen LogP contribution in [-0.2, 0) is 28.9 Å². The van der Waals surface area contributed by atoms with Crippen molar-refractivity contribution >= 4 is 40.0 Å². The molecule has 0 bridgehead atoms. The predicted molar refractivity (Wildman–Crippen MR) is 146 cm³/mol. The van der Waals surface area contributed by atoms with E-state index in [0.717, 1.165) is 54.7 Å². The van der Waals surface area contributed by atoms with E-state index >= 15 is 0 Å². The molecule has 190 valence electrons. The Bertz CT molecular complexity index is 1030. The number of carbonyl (C=O) groups is 2. The van der Waals surface area contributed by atoms with Gasteiger partial charge in [0, 0.05) is 11.4 Å². The molecule has 1 aromatic heterocycles. The van der Waals surface area contributed by atoms with E-state index in [1.165, 1.54) is 22.2 Å². The number of nitrogens with zero attached hydrogens (tertiary/aromatic N) is 1.